The fourth-order valence-corrected chi connectivity index (χ4v) is 4.20. The molecule has 0 bridgehead atoms. The summed E-state index contributed by atoms with van der Waals surface area (Å²) in [4.78, 5) is 20.4. The SMILES string of the molecule is CC1(C)CC(=O)c2c([nH]c(-c3ccncc3OCC(F)(F)F)c2Cc2ccccc2)C1. The fourth-order valence-electron chi connectivity index (χ4n) is 4.20. The summed E-state index contributed by atoms with van der Waals surface area (Å²) >= 11 is 0. The molecule has 1 N–H and O–H groups in total. The molecule has 162 valence electrons. The van der Waals surface area contributed by atoms with Crippen LogP contribution in [-0.4, -0.2) is 28.5 Å². The van der Waals surface area contributed by atoms with Crippen LogP contribution in [0.1, 0.15) is 47.4 Å². The second-order valence-corrected chi connectivity index (χ2v) is 8.71. The van der Waals surface area contributed by atoms with Gasteiger partial charge < -0.3 is 9.72 Å². The Balaban J connectivity index is 1.84. The highest BCUT2D eigenvalue weighted by atomic mass is 19.4. The number of halogens is 3. The lowest BCUT2D eigenvalue weighted by atomic mass is 9.75. The Morgan fingerprint density at radius 1 is 1.13 bits per heavy atom. The third-order valence-corrected chi connectivity index (χ3v) is 5.42. The van der Waals surface area contributed by atoms with Crippen LogP contribution in [0, 0.1) is 5.41 Å². The third-order valence-electron chi connectivity index (χ3n) is 5.42. The number of carbonyl (C=O) groups is 1. The number of hydrogen-bond acceptors (Lipinski definition) is 3. The van der Waals surface area contributed by atoms with E-state index in [1.165, 1.54) is 12.4 Å². The maximum absolute atomic E-state index is 13.1. The largest absolute Gasteiger partial charge is 0.482 e. The van der Waals surface area contributed by atoms with Crippen molar-refractivity contribution in [2.24, 2.45) is 5.41 Å². The summed E-state index contributed by atoms with van der Waals surface area (Å²) in [5.74, 6) is 0.0749. The van der Waals surface area contributed by atoms with Gasteiger partial charge in [-0.1, -0.05) is 44.2 Å². The molecule has 1 aliphatic carbocycles. The number of H-pyrrole nitrogens is 1. The second-order valence-electron chi connectivity index (χ2n) is 8.71. The molecule has 2 heterocycles. The minimum absolute atomic E-state index is 0.0273. The lowest BCUT2D eigenvalue weighted by Crippen LogP contribution is -2.27. The highest BCUT2D eigenvalue weighted by molar-refractivity contribution is 6.02. The number of ketones is 1. The number of benzene rings is 1. The van der Waals surface area contributed by atoms with Gasteiger partial charge in [0.15, 0.2) is 12.4 Å². The van der Waals surface area contributed by atoms with E-state index in [9.17, 15) is 18.0 Å². The molecule has 0 fully saturated rings. The van der Waals surface area contributed by atoms with Crippen LogP contribution in [0.2, 0.25) is 0 Å². The number of rotatable bonds is 5. The molecule has 0 saturated heterocycles. The smallest absolute Gasteiger partial charge is 0.422 e. The van der Waals surface area contributed by atoms with Crippen molar-refractivity contribution < 1.29 is 22.7 Å². The van der Waals surface area contributed by atoms with Gasteiger partial charge in [-0.3, -0.25) is 9.78 Å². The number of pyridine rings is 1. The van der Waals surface area contributed by atoms with Crippen LogP contribution >= 0.6 is 0 Å². The number of fused-ring (bicyclic) bond motifs is 1. The normalized spacial score (nSPS) is 15.6. The van der Waals surface area contributed by atoms with Gasteiger partial charge in [0.25, 0.3) is 0 Å². The first kappa shape index (κ1) is 21.2. The van der Waals surface area contributed by atoms with Crippen molar-refractivity contribution in [1.82, 2.24) is 9.97 Å². The molecule has 31 heavy (non-hydrogen) atoms. The van der Waals surface area contributed by atoms with Crippen molar-refractivity contribution in [2.75, 3.05) is 6.61 Å². The first-order valence-electron chi connectivity index (χ1n) is 10.1. The number of nitrogens with zero attached hydrogens (tertiary/aromatic N) is 1. The molecule has 7 heteroatoms. The van der Waals surface area contributed by atoms with Crippen molar-refractivity contribution in [3.63, 3.8) is 0 Å². The zero-order valence-electron chi connectivity index (χ0n) is 17.3. The topological polar surface area (TPSA) is 55.0 Å². The first-order chi connectivity index (χ1) is 14.6. The Kier molecular flexibility index (Phi) is 5.37. The van der Waals surface area contributed by atoms with E-state index in [1.807, 2.05) is 44.2 Å². The van der Waals surface area contributed by atoms with Crippen LogP contribution in [-0.2, 0) is 12.8 Å². The Morgan fingerprint density at radius 3 is 2.58 bits per heavy atom. The van der Waals surface area contributed by atoms with Crippen molar-refractivity contribution in [3.8, 4) is 17.0 Å². The highest BCUT2D eigenvalue weighted by Crippen LogP contribution is 2.42. The van der Waals surface area contributed by atoms with Gasteiger partial charge in [-0.05, 0) is 29.0 Å². The van der Waals surface area contributed by atoms with Crippen LogP contribution in [0.3, 0.4) is 0 Å². The molecule has 0 unspecified atom stereocenters. The van der Waals surface area contributed by atoms with E-state index in [-0.39, 0.29) is 16.9 Å². The van der Waals surface area contributed by atoms with Gasteiger partial charge in [-0.25, -0.2) is 0 Å². The van der Waals surface area contributed by atoms with Gasteiger partial charge in [-0.15, -0.1) is 0 Å². The lowest BCUT2D eigenvalue weighted by molar-refractivity contribution is -0.153. The van der Waals surface area contributed by atoms with Gasteiger partial charge in [-0.2, -0.15) is 13.2 Å². The summed E-state index contributed by atoms with van der Waals surface area (Å²) in [5, 5.41) is 0. The minimum Gasteiger partial charge on any atom is -0.482 e. The van der Waals surface area contributed by atoms with Gasteiger partial charge in [0.05, 0.1) is 11.9 Å². The molecule has 1 aromatic carbocycles. The summed E-state index contributed by atoms with van der Waals surface area (Å²) in [6.45, 7) is 2.66. The zero-order chi connectivity index (χ0) is 22.2. The van der Waals surface area contributed by atoms with E-state index in [0.29, 0.717) is 36.1 Å². The number of aromatic nitrogens is 2. The maximum atomic E-state index is 13.1. The Morgan fingerprint density at radius 2 is 1.87 bits per heavy atom. The fraction of sp³-hybridized carbons (Fsp3) is 0.333. The van der Waals surface area contributed by atoms with Crippen molar-refractivity contribution in [3.05, 3.63) is 71.2 Å². The van der Waals surface area contributed by atoms with Crippen molar-refractivity contribution in [1.29, 1.82) is 0 Å². The zero-order valence-corrected chi connectivity index (χ0v) is 17.3. The monoisotopic (exact) mass is 428 g/mol. The molecule has 4 rings (SSSR count). The molecule has 0 atom stereocenters. The number of alkyl halides is 3. The molecule has 0 spiro atoms. The number of ether oxygens (including phenoxy) is 1. The highest BCUT2D eigenvalue weighted by Gasteiger charge is 2.36. The first-order valence-corrected chi connectivity index (χ1v) is 10.1. The predicted molar refractivity (Wildman–Crippen MR) is 111 cm³/mol. The number of nitrogens with one attached hydrogen (secondary N) is 1. The van der Waals surface area contributed by atoms with E-state index in [0.717, 1.165) is 16.8 Å². The van der Waals surface area contributed by atoms with Crippen LogP contribution < -0.4 is 4.74 Å². The second kappa shape index (κ2) is 7.87. The number of carbonyl (C=O) groups excluding carboxylic acids is 1. The molecule has 0 saturated carbocycles. The molecule has 0 radical (unpaired) electrons. The standard InChI is InChI=1S/C24H23F3N2O2/c1-23(2)11-18-21(19(30)12-23)17(10-15-6-4-3-5-7-15)22(29-18)16-8-9-28-13-20(16)31-14-24(25,26)27/h3-9,13,29H,10-12,14H2,1-2H3. The van der Waals surface area contributed by atoms with Crippen LogP contribution in [0.15, 0.2) is 48.8 Å². The maximum Gasteiger partial charge on any atom is 0.422 e. The number of hydrogen-bond donors (Lipinski definition) is 1. The van der Waals surface area contributed by atoms with Gasteiger partial charge in [0.2, 0.25) is 0 Å². The molecular formula is C24H23F3N2O2. The quantitative estimate of drug-likeness (QED) is 0.562. The van der Waals surface area contributed by atoms with Crippen molar-refractivity contribution in [2.45, 2.75) is 39.3 Å². The summed E-state index contributed by atoms with van der Waals surface area (Å²) in [5.41, 5.74) is 4.14. The van der Waals surface area contributed by atoms with Crippen LogP contribution in [0.5, 0.6) is 5.75 Å². The summed E-state index contributed by atoms with van der Waals surface area (Å²) in [6, 6.07) is 11.3. The average Bonchev–Trinajstić information content (AvgIpc) is 3.03. The van der Waals surface area contributed by atoms with Crippen molar-refractivity contribution >= 4 is 5.78 Å². The summed E-state index contributed by atoms with van der Waals surface area (Å²) in [7, 11) is 0. The Hall–Kier alpha value is -3.09. The molecule has 3 aromatic rings. The van der Waals surface area contributed by atoms with E-state index in [4.69, 9.17) is 4.74 Å². The van der Waals surface area contributed by atoms with Crippen LogP contribution in [0.25, 0.3) is 11.3 Å². The van der Waals surface area contributed by atoms with Crippen LogP contribution in [0.4, 0.5) is 13.2 Å². The number of Topliss-reactive ketones (excluding diaryl/α,β-unsaturated/α-hetero) is 1. The molecular weight excluding hydrogens is 405 g/mol. The van der Waals surface area contributed by atoms with Gasteiger partial charge in [0.1, 0.15) is 5.75 Å². The molecule has 0 aliphatic heterocycles. The van der Waals surface area contributed by atoms with E-state index < -0.39 is 12.8 Å². The van der Waals surface area contributed by atoms with Gasteiger partial charge in [0, 0.05) is 35.9 Å². The third kappa shape index (κ3) is 4.65. The van der Waals surface area contributed by atoms with E-state index in [2.05, 4.69) is 9.97 Å². The lowest BCUT2D eigenvalue weighted by Gasteiger charge is -2.28. The van der Waals surface area contributed by atoms with E-state index in [1.54, 1.807) is 6.07 Å². The van der Waals surface area contributed by atoms with E-state index >= 15 is 0 Å². The van der Waals surface area contributed by atoms with Gasteiger partial charge >= 0.3 is 6.18 Å². The molecule has 0 amide bonds. The minimum atomic E-state index is -4.46. The average molecular weight is 428 g/mol. The number of aromatic amines is 1. The Labute approximate surface area is 178 Å². The molecule has 2 aromatic heterocycles. The Bertz CT molecular complexity index is 1100. The predicted octanol–water partition coefficient (Wildman–Crippen LogP) is 5.76. The summed E-state index contributed by atoms with van der Waals surface area (Å²) in [6.07, 6.45) is -0.0939. The molecule has 4 nitrogen and oxygen atoms in total. The molecule has 1 aliphatic rings. The summed E-state index contributed by atoms with van der Waals surface area (Å²) < 4.78 is 43.4.